The van der Waals surface area contributed by atoms with Crippen LogP contribution in [-0.4, -0.2) is 37.4 Å². The third-order valence-corrected chi connectivity index (χ3v) is 3.22. The van der Waals surface area contributed by atoms with Gasteiger partial charge in [0.15, 0.2) is 0 Å². The molecule has 4 nitrogen and oxygen atoms in total. The van der Waals surface area contributed by atoms with Crippen LogP contribution in [0.3, 0.4) is 0 Å². The molecule has 21 heavy (non-hydrogen) atoms. The SMILES string of the molecule is COCC(CCO)NC(=O)/C=C/c1ccc(C(C)C)cc1. The predicted octanol–water partition coefficient (Wildman–Crippen LogP) is 2.34. The normalized spacial score (nSPS) is 12.8. The molecule has 1 rings (SSSR count). The zero-order valence-corrected chi connectivity index (χ0v) is 13.0. The summed E-state index contributed by atoms with van der Waals surface area (Å²) in [5.74, 6) is 0.318. The van der Waals surface area contributed by atoms with Gasteiger partial charge in [-0.2, -0.15) is 0 Å². The van der Waals surface area contributed by atoms with Crippen LogP contribution in [0.15, 0.2) is 30.3 Å². The molecule has 1 unspecified atom stereocenters. The average Bonchev–Trinajstić information content (AvgIpc) is 2.46. The summed E-state index contributed by atoms with van der Waals surface area (Å²) in [6.45, 7) is 4.71. The van der Waals surface area contributed by atoms with Gasteiger partial charge in [-0.15, -0.1) is 0 Å². The topological polar surface area (TPSA) is 58.6 Å². The van der Waals surface area contributed by atoms with Crippen LogP contribution < -0.4 is 5.32 Å². The third-order valence-electron chi connectivity index (χ3n) is 3.22. The monoisotopic (exact) mass is 291 g/mol. The Morgan fingerprint density at radius 2 is 2.00 bits per heavy atom. The van der Waals surface area contributed by atoms with E-state index in [-0.39, 0.29) is 18.6 Å². The molecule has 4 heteroatoms. The summed E-state index contributed by atoms with van der Waals surface area (Å²) in [6.07, 6.45) is 3.77. The largest absolute Gasteiger partial charge is 0.396 e. The van der Waals surface area contributed by atoms with E-state index in [0.29, 0.717) is 18.9 Å². The van der Waals surface area contributed by atoms with Gasteiger partial charge in [0.1, 0.15) is 0 Å². The molecular weight excluding hydrogens is 266 g/mol. The van der Waals surface area contributed by atoms with Gasteiger partial charge in [0.25, 0.3) is 0 Å². The molecule has 116 valence electrons. The van der Waals surface area contributed by atoms with E-state index in [1.54, 1.807) is 13.2 Å². The van der Waals surface area contributed by atoms with Gasteiger partial charge in [0, 0.05) is 19.8 Å². The van der Waals surface area contributed by atoms with Gasteiger partial charge in [-0.25, -0.2) is 0 Å². The molecule has 1 aromatic carbocycles. The van der Waals surface area contributed by atoms with Gasteiger partial charge in [-0.05, 0) is 29.5 Å². The second kappa shape index (κ2) is 9.32. The highest BCUT2D eigenvalue weighted by Crippen LogP contribution is 2.15. The van der Waals surface area contributed by atoms with Gasteiger partial charge in [0.2, 0.25) is 5.91 Å². The molecule has 0 aliphatic heterocycles. The summed E-state index contributed by atoms with van der Waals surface area (Å²) in [4.78, 5) is 11.8. The number of aliphatic hydroxyl groups excluding tert-OH is 1. The second-order valence-corrected chi connectivity index (χ2v) is 5.33. The summed E-state index contributed by atoms with van der Waals surface area (Å²) >= 11 is 0. The lowest BCUT2D eigenvalue weighted by atomic mass is 10.0. The van der Waals surface area contributed by atoms with E-state index in [1.807, 2.05) is 12.1 Å². The smallest absolute Gasteiger partial charge is 0.244 e. The molecule has 0 aliphatic rings. The average molecular weight is 291 g/mol. The fourth-order valence-electron chi connectivity index (χ4n) is 1.97. The zero-order valence-electron chi connectivity index (χ0n) is 13.0. The Morgan fingerprint density at radius 1 is 1.33 bits per heavy atom. The molecule has 2 N–H and O–H groups in total. The Balaban J connectivity index is 2.56. The van der Waals surface area contributed by atoms with E-state index in [0.717, 1.165) is 5.56 Å². The van der Waals surface area contributed by atoms with Crippen LogP contribution in [0.4, 0.5) is 0 Å². The van der Waals surface area contributed by atoms with E-state index in [1.165, 1.54) is 11.6 Å². The molecular formula is C17H25NO3. The number of benzene rings is 1. The van der Waals surface area contributed by atoms with Crippen molar-refractivity contribution in [1.29, 1.82) is 0 Å². The first-order valence-corrected chi connectivity index (χ1v) is 7.25. The Morgan fingerprint density at radius 3 is 2.52 bits per heavy atom. The fraction of sp³-hybridized carbons (Fsp3) is 0.471. The van der Waals surface area contributed by atoms with Gasteiger partial charge in [-0.1, -0.05) is 38.1 Å². The van der Waals surface area contributed by atoms with Crippen molar-refractivity contribution in [2.45, 2.75) is 32.2 Å². The maximum atomic E-state index is 11.8. The van der Waals surface area contributed by atoms with Crippen molar-refractivity contribution < 1.29 is 14.6 Å². The maximum Gasteiger partial charge on any atom is 0.244 e. The lowest BCUT2D eigenvalue weighted by Crippen LogP contribution is -2.37. The zero-order chi connectivity index (χ0) is 15.7. The molecule has 0 saturated heterocycles. The van der Waals surface area contributed by atoms with Crippen LogP contribution >= 0.6 is 0 Å². The highest BCUT2D eigenvalue weighted by molar-refractivity contribution is 5.91. The third kappa shape index (κ3) is 6.56. The molecule has 0 bridgehead atoms. The number of hydrogen-bond donors (Lipinski definition) is 2. The minimum atomic E-state index is -0.182. The minimum absolute atomic E-state index is 0.0225. The van der Waals surface area contributed by atoms with Crippen molar-refractivity contribution in [2.75, 3.05) is 20.3 Å². The molecule has 0 aliphatic carbocycles. The fourth-order valence-corrected chi connectivity index (χ4v) is 1.97. The lowest BCUT2D eigenvalue weighted by Gasteiger charge is -2.15. The number of nitrogens with one attached hydrogen (secondary N) is 1. The Labute approximate surface area is 126 Å². The van der Waals surface area contributed by atoms with Crippen molar-refractivity contribution in [2.24, 2.45) is 0 Å². The number of aliphatic hydroxyl groups is 1. The van der Waals surface area contributed by atoms with Crippen LogP contribution in [0.1, 0.15) is 37.3 Å². The molecule has 1 amide bonds. The molecule has 1 aromatic rings. The Hall–Kier alpha value is -1.65. The number of methoxy groups -OCH3 is 1. The maximum absolute atomic E-state index is 11.8. The summed E-state index contributed by atoms with van der Waals surface area (Å²) in [5.41, 5.74) is 2.26. The van der Waals surface area contributed by atoms with Gasteiger partial charge >= 0.3 is 0 Å². The number of carbonyl (C=O) groups excluding carboxylic acids is 1. The van der Waals surface area contributed by atoms with Crippen molar-refractivity contribution in [1.82, 2.24) is 5.32 Å². The predicted molar refractivity (Wildman–Crippen MR) is 85.1 cm³/mol. The van der Waals surface area contributed by atoms with Crippen LogP contribution in [0.25, 0.3) is 6.08 Å². The number of ether oxygens (including phenoxy) is 1. The Bertz CT molecular complexity index is 446. The summed E-state index contributed by atoms with van der Waals surface area (Å²) in [6, 6.07) is 7.98. The van der Waals surface area contributed by atoms with Crippen LogP contribution in [0.5, 0.6) is 0 Å². The summed E-state index contributed by atoms with van der Waals surface area (Å²) in [7, 11) is 1.57. The molecule has 0 radical (unpaired) electrons. The van der Waals surface area contributed by atoms with E-state index >= 15 is 0 Å². The van der Waals surface area contributed by atoms with Crippen molar-refractivity contribution in [3.05, 3.63) is 41.5 Å². The first kappa shape index (κ1) is 17.4. The van der Waals surface area contributed by atoms with E-state index in [2.05, 4.69) is 31.3 Å². The van der Waals surface area contributed by atoms with Gasteiger partial charge < -0.3 is 15.2 Å². The second-order valence-electron chi connectivity index (χ2n) is 5.33. The first-order chi connectivity index (χ1) is 10.1. The molecule has 0 saturated carbocycles. The standard InChI is InChI=1S/C17H25NO3/c1-13(2)15-7-4-14(5-8-15)6-9-17(20)18-16(10-11-19)12-21-3/h4-9,13,16,19H,10-12H2,1-3H3,(H,18,20)/b9-6+. The molecule has 0 fully saturated rings. The van der Waals surface area contributed by atoms with Crippen LogP contribution in [0.2, 0.25) is 0 Å². The van der Waals surface area contributed by atoms with Gasteiger partial charge in [0.05, 0.1) is 12.6 Å². The molecule has 0 spiro atoms. The van der Waals surface area contributed by atoms with Crippen molar-refractivity contribution in [3.63, 3.8) is 0 Å². The molecule has 0 aromatic heterocycles. The van der Waals surface area contributed by atoms with E-state index in [4.69, 9.17) is 9.84 Å². The van der Waals surface area contributed by atoms with E-state index < -0.39 is 0 Å². The van der Waals surface area contributed by atoms with Gasteiger partial charge in [-0.3, -0.25) is 4.79 Å². The molecule has 1 atom stereocenters. The minimum Gasteiger partial charge on any atom is -0.396 e. The highest BCUT2D eigenvalue weighted by Gasteiger charge is 2.09. The number of hydrogen-bond acceptors (Lipinski definition) is 3. The van der Waals surface area contributed by atoms with E-state index in [9.17, 15) is 4.79 Å². The number of amides is 1. The van der Waals surface area contributed by atoms with Crippen molar-refractivity contribution in [3.8, 4) is 0 Å². The number of carbonyl (C=O) groups is 1. The highest BCUT2D eigenvalue weighted by atomic mass is 16.5. The Kier molecular flexibility index (Phi) is 7.72. The molecule has 0 heterocycles. The lowest BCUT2D eigenvalue weighted by molar-refractivity contribution is -0.117. The van der Waals surface area contributed by atoms with Crippen LogP contribution in [0, 0.1) is 0 Å². The van der Waals surface area contributed by atoms with Crippen LogP contribution in [-0.2, 0) is 9.53 Å². The number of rotatable bonds is 8. The van der Waals surface area contributed by atoms with Crippen molar-refractivity contribution >= 4 is 12.0 Å². The summed E-state index contributed by atoms with van der Waals surface area (Å²) < 4.78 is 5.01. The summed E-state index contributed by atoms with van der Waals surface area (Å²) in [5, 5.41) is 11.7. The quantitative estimate of drug-likeness (QED) is 0.723. The first-order valence-electron chi connectivity index (χ1n) is 7.25.